The fourth-order valence-corrected chi connectivity index (χ4v) is 1.38. The zero-order valence-electron chi connectivity index (χ0n) is 6.97. The number of nitrogens with zero attached hydrogens (tertiary/aromatic N) is 1. The molecule has 0 bridgehead atoms. The lowest BCUT2D eigenvalue weighted by atomic mass is 10.1. The first kappa shape index (κ1) is 7.99. The maximum absolute atomic E-state index is 12.9. The third-order valence-corrected chi connectivity index (χ3v) is 2.28. The van der Waals surface area contributed by atoms with Crippen LogP contribution >= 0.6 is 0 Å². The molecular weight excluding hydrogens is 129 g/mol. The summed E-state index contributed by atoms with van der Waals surface area (Å²) in [5, 5.41) is 0. The Morgan fingerprint density at radius 1 is 1.40 bits per heavy atom. The van der Waals surface area contributed by atoms with Gasteiger partial charge in [-0.2, -0.15) is 0 Å². The maximum atomic E-state index is 12.9. The van der Waals surface area contributed by atoms with Crippen LogP contribution in [-0.4, -0.2) is 30.2 Å². The Hall–Kier alpha value is -0.110. The maximum Gasteiger partial charge on any atom is 0.116 e. The number of rotatable bonds is 1. The second-order valence-corrected chi connectivity index (χ2v) is 3.54. The number of hydrogen-bond donors (Lipinski definition) is 0. The van der Waals surface area contributed by atoms with Crippen molar-refractivity contribution in [1.82, 2.24) is 4.90 Å². The number of hydrogen-bond acceptors (Lipinski definition) is 1. The van der Waals surface area contributed by atoms with E-state index >= 15 is 0 Å². The third kappa shape index (κ3) is 1.48. The van der Waals surface area contributed by atoms with Crippen LogP contribution < -0.4 is 0 Å². The Bertz CT molecular complexity index is 104. The van der Waals surface area contributed by atoms with Crippen LogP contribution in [0.3, 0.4) is 0 Å². The standard InChI is InChI=1S/C8H16FN/c1-6(2)10-4-7(3)8(9)5-10/h6-8H,4-5H2,1-3H3/t7-,8-/m1/s1. The average Bonchev–Trinajstić information content (AvgIpc) is 2.13. The van der Waals surface area contributed by atoms with Crippen molar-refractivity contribution in [1.29, 1.82) is 0 Å². The summed E-state index contributed by atoms with van der Waals surface area (Å²) in [7, 11) is 0. The van der Waals surface area contributed by atoms with Crippen molar-refractivity contribution in [3.05, 3.63) is 0 Å². The summed E-state index contributed by atoms with van der Waals surface area (Å²) in [5.74, 6) is 0.238. The Balaban J connectivity index is 2.41. The van der Waals surface area contributed by atoms with Gasteiger partial charge in [0.2, 0.25) is 0 Å². The first-order chi connectivity index (χ1) is 4.61. The molecule has 2 heteroatoms. The lowest BCUT2D eigenvalue weighted by molar-refractivity contribution is 0.245. The van der Waals surface area contributed by atoms with Crippen molar-refractivity contribution in [2.75, 3.05) is 13.1 Å². The molecule has 2 atom stereocenters. The molecule has 0 aliphatic carbocycles. The van der Waals surface area contributed by atoms with E-state index in [0.717, 1.165) is 6.54 Å². The van der Waals surface area contributed by atoms with E-state index in [2.05, 4.69) is 18.7 Å². The predicted molar refractivity (Wildman–Crippen MR) is 40.8 cm³/mol. The van der Waals surface area contributed by atoms with Gasteiger partial charge in [-0.25, -0.2) is 4.39 Å². The summed E-state index contributed by atoms with van der Waals surface area (Å²) in [6.45, 7) is 7.78. The number of alkyl halides is 1. The van der Waals surface area contributed by atoms with Crippen LogP contribution in [0.2, 0.25) is 0 Å². The van der Waals surface area contributed by atoms with Crippen LogP contribution in [0.25, 0.3) is 0 Å². The van der Waals surface area contributed by atoms with E-state index < -0.39 is 6.17 Å². The molecule has 1 aliphatic rings. The number of likely N-dealkylation sites (tertiary alicyclic amines) is 1. The molecule has 0 N–H and O–H groups in total. The van der Waals surface area contributed by atoms with Gasteiger partial charge in [0.1, 0.15) is 6.17 Å². The summed E-state index contributed by atoms with van der Waals surface area (Å²) in [5.41, 5.74) is 0. The molecule has 1 saturated heterocycles. The average molecular weight is 145 g/mol. The second-order valence-electron chi connectivity index (χ2n) is 3.54. The molecular formula is C8H16FN. The summed E-state index contributed by atoms with van der Waals surface area (Å²) >= 11 is 0. The van der Waals surface area contributed by atoms with E-state index in [-0.39, 0.29) is 5.92 Å². The van der Waals surface area contributed by atoms with Gasteiger partial charge in [-0.05, 0) is 13.8 Å². The summed E-state index contributed by atoms with van der Waals surface area (Å²) in [6, 6.07) is 0.503. The van der Waals surface area contributed by atoms with Crippen molar-refractivity contribution in [3.8, 4) is 0 Å². The fraction of sp³-hybridized carbons (Fsp3) is 1.00. The Morgan fingerprint density at radius 2 is 2.00 bits per heavy atom. The number of halogens is 1. The van der Waals surface area contributed by atoms with Gasteiger partial charge in [0.05, 0.1) is 0 Å². The minimum absolute atomic E-state index is 0.238. The molecule has 0 unspecified atom stereocenters. The quantitative estimate of drug-likeness (QED) is 0.542. The molecule has 0 aromatic heterocycles. The molecule has 0 spiro atoms. The van der Waals surface area contributed by atoms with Gasteiger partial charge in [-0.3, -0.25) is 4.90 Å². The SMILES string of the molecule is CC(C)N1C[C@@H](C)[C@H](F)C1. The van der Waals surface area contributed by atoms with Crippen LogP contribution in [0.5, 0.6) is 0 Å². The third-order valence-electron chi connectivity index (χ3n) is 2.28. The van der Waals surface area contributed by atoms with E-state index in [4.69, 9.17) is 0 Å². The predicted octanol–water partition coefficient (Wildman–Crippen LogP) is 1.68. The molecule has 1 aliphatic heterocycles. The minimum Gasteiger partial charge on any atom is -0.298 e. The summed E-state index contributed by atoms with van der Waals surface area (Å²) < 4.78 is 12.9. The van der Waals surface area contributed by atoms with Gasteiger partial charge < -0.3 is 0 Å². The van der Waals surface area contributed by atoms with Crippen LogP contribution in [0.15, 0.2) is 0 Å². The molecule has 1 fully saturated rings. The Morgan fingerprint density at radius 3 is 2.20 bits per heavy atom. The van der Waals surface area contributed by atoms with Gasteiger partial charge in [-0.15, -0.1) is 0 Å². The highest BCUT2D eigenvalue weighted by molar-refractivity contribution is 4.82. The van der Waals surface area contributed by atoms with Crippen molar-refractivity contribution < 1.29 is 4.39 Å². The van der Waals surface area contributed by atoms with E-state index in [0.29, 0.717) is 12.6 Å². The van der Waals surface area contributed by atoms with Crippen LogP contribution in [0, 0.1) is 5.92 Å². The van der Waals surface area contributed by atoms with Gasteiger partial charge in [0.15, 0.2) is 0 Å². The van der Waals surface area contributed by atoms with Crippen molar-refractivity contribution >= 4 is 0 Å². The van der Waals surface area contributed by atoms with Crippen molar-refractivity contribution in [3.63, 3.8) is 0 Å². The zero-order chi connectivity index (χ0) is 7.72. The molecule has 0 radical (unpaired) electrons. The fourth-order valence-electron chi connectivity index (χ4n) is 1.38. The lowest BCUT2D eigenvalue weighted by Gasteiger charge is -2.18. The molecule has 0 amide bonds. The van der Waals surface area contributed by atoms with E-state index in [1.54, 1.807) is 0 Å². The summed E-state index contributed by atoms with van der Waals surface area (Å²) in [4.78, 5) is 2.19. The van der Waals surface area contributed by atoms with Gasteiger partial charge in [0, 0.05) is 25.0 Å². The normalized spacial score (nSPS) is 35.7. The van der Waals surface area contributed by atoms with E-state index in [9.17, 15) is 4.39 Å². The highest BCUT2D eigenvalue weighted by Crippen LogP contribution is 2.20. The van der Waals surface area contributed by atoms with Crippen LogP contribution in [0.1, 0.15) is 20.8 Å². The molecule has 0 aromatic rings. The molecule has 1 nitrogen and oxygen atoms in total. The van der Waals surface area contributed by atoms with E-state index in [1.165, 1.54) is 0 Å². The van der Waals surface area contributed by atoms with Gasteiger partial charge >= 0.3 is 0 Å². The molecule has 60 valence electrons. The van der Waals surface area contributed by atoms with Gasteiger partial charge in [0.25, 0.3) is 0 Å². The molecule has 1 rings (SSSR count). The second kappa shape index (κ2) is 2.87. The largest absolute Gasteiger partial charge is 0.298 e. The Kier molecular flexibility index (Phi) is 2.29. The summed E-state index contributed by atoms with van der Waals surface area (Å²) in [6.07, 6.45) is -0.595. The first-order valence-electron chi connectivity index (χ1n) is 3.99. The van der Waals surface area contributed by atoms with E-state index in [1.807, 2.05) is 6.92 Å². The van der Waals surface area contributed by atoms with Crippen molar-refractivity contribution in [2.45, 2.75) is 33.0 Å². The van der Waals surface area contributed by atoms with Crippen molar-refractivity contribution in [2.24, 2.45) is 5.92 Å². The van der Waals surface area contributed by atoms with Gasteiger partial charge in [-0.1, -0.05) is 6.92 Å². The highest BCUT2D eigenvalue weighted by atomic mass is 19.1. The lowest BCUT2D eigenvalue weighted by Crippen LogP contribution is -2.28. The smallest absolute Gasteiger partial charge is 0.116 e. The minimum atomic E-state index is -0.595. The molecule has 10 heavy (non-hydrogen) atoms. The molecule has 0 saturated carbocycles. The highest BCUT2D eigenvalue weighted by Gasteiger charge is 2.30. The molecule has 0 aromatic carbocycles. The molecule has 1 heterocycles. The topological polar surface area (TPSA) is 3.24 Å². The van der Waals surface area contributed by atoms with Crippen LogP contribution in [-0.2, 0) is 0 Å². The first-order valence-corrected chi connectivity index (χ1v) is 3.99. The van der Waals surface area contributed by atoms with Crippen LogP contribution in [0.4, 0.5) is 4.39 Å². The monoisotopic (exact) mass is 145 g/mol. The Labute approximate surface area is 62.2 Å². The zero-order valence-corrected chi connectivity index (χ0v) is 6.97.